The number of rotatable bonds is 3. The van der Waals surface area contributed by atoms with E-state index >= 15 is 0 Å². The van der Waals surface area contributed by atoms with Gasteiger partial charge in [-0.15, -0.1) is 0 Å². The van der Waals surface area contributed by atoms with Crippen LogP contribution < -0.4 is 0 Å². The van der Waals surface area contributed by atoms with Crippen LogP contribution in [-0.4, -0.2) is 30.3 Å². The minimum atomic E-state index is 0.797. The van der Waals surface area contributed by atoms with E-state index in [1.165, 1.54) is 0 Å². The van der Waals surface area contributed by atoms with Crippen molar-refractivity contribution in [2.24, 2.45) is 0 Å². The van der Waals surface area contributed by atoms with Crippen LogP contribution in [0.5, 0.6) is 0 Å². The average Bonchev–Trinajstić information content (AvgIpc) is 2.13. The topological polar surface area (TPSA) is 33.2 Å². The van der Waals surface area contributed by atoms with Gasteiger partial charge < -0.3 is 4.90 Å². The number of hydrogen-bond acceptors (Lipinski definition) is 3. The van der Waals surface area contributed by atoms with Gasteiger partial charge in [0.15, 0.2) is 0 Å². The van der Waals surface area contributed by atoms with Gasteiger partial charge >= 0.3 is 0 Å². The SMILES string of the molecule is Cc1cc(/C(=C\C=O)N(C)C)ccn1. The van der Waals surface area contributed by atoms with Crippen molar-refractivity contribution >= 4 is 12.0 Å². The largest absolute Gasteiger partial charge is 0.377 e. The summed E-state index contributed by atoms with van der Waals surface area (Å²) >= 11 is 0. The van der Waals surface area contributed by atoms with Gasteiger partial charge in [0.05, 0.1) is 0 Å². The summed E-state index contributed by atoms with van der Waals surface area (Å²) in [5, 5.41) is 0. The average molecular weight is 190 g/mol. The van der Waals surface area contributed by atoms with Gasteiger partial charge in [0.2, 0.25) is 0 Å². The Morgan fingerprint density at radius 1 is 1.50 bits per heavy atom. The number of nitrogens with zero attached hydrogens (tertiary/aromatic N) is 2. The standard InChI is InChI=1S/C11H14N2O/c1-9-8-10(4-6-12-9)11(5-7-14)13(2)3/h4-8H,1-3H3/b11-5+. The molecule has 0 aliphatic rings. The second kappa shape index (κ2) is 4.56. The number of aldehydes is 1. The second-order valence-electron chi connectivity index (χ2n) is 3.27. The van der Waals surface area contributed by atoms with Crippen LogP contribution >= 0.6 is 0 Å². The Bertz CT molecular complexity index is 356. The third-order valence-electron chi connectivity index (χ3n) is 1.90. The molecular weight excluding hydrogens is 176 g/mol. The fraction of sp³-hybridized carbons (Fsp3) is 0.273. The van der Waals surface area contributed by atoms with Crippen molar-refractivity contribution in [2.75, 3.05) is 14.1 Å². The van der Waals surface area contributed by atoms with Crippen LogP contribution in [0.25, 0.3) is 5.70 Å². The van der Waals surface area contributed by atoms with E-state index in [4.69, 9.17) is 0 Å². The number of carbonyl (C=O) groups excluding carboxylic acids is 1. The van der Waals surface area contributed by atoms with Gasteiger partial charge in [-0.3, -0.25) is 9.78 Å². The number of carbonyl (C=O) groups is 1. The molecule has 0 N–H and O–H groups in total. The third kappa shape index (κ3) is 2.42. The molecule has 0 amide bonds. The van der Waals surface area contributed by atoms with Crippen LogP contribution in [0.15, 0.2) is 24.4 Å². The van der Waals surface area contributed by atoms with Crippen LogP contribution in [0, 0.1) is 6.92 Å². The highest BCUT2D eigenvalue weighted by Crippen LogP contribution is 2.15. The van der Waals surface area contributed by atoms with E-state index < -0.39 is 0 Å². The molecule has 74 valence electrons. The summed E-state index contributed by atoms with van der Waals surface area (Å²) in [6, 6.07) is 3.84. The number of allylic oxidation sites excluding steroid dienone is 1. The zero-order valence-corrected chi connectivity index (χ0v) is 8.69. The molecule has 14 heavy (non-hydrogen) atoms. The van der Waals surface area contributed by atoms with E-state index in [0.29, 0.717) is 0 Å². The molecule has 1 rings (SSSR count). The van der Waals surface area contributed by atoms with E-state index in [9.17, 15) is 4.79 Å². The maximum Gasteiger partial charge on any atom is 0.144 e. The predicted molar refractivity (Wildman–Crippen MR) is 56.7 cm³/mol. The molecule has 0 spiro atoms. The number of pyridine rings is 1. The minimum absolute atomic E-state index is 0.797. The smallest absolute Gasteiger partial charge is 0.144 e. The van der Waals surface area contributed by atoms with Gasteiger partial charge in [-0.25, -0.2) is 0 Å². The Balaban J connectivity index is 3.12. The van der Waals surface area contributed by atoms with Crippen LogP contribution in [0.3, 0.4) is 0 Å². The maximum absolute atomic E-state index is 10.5. The van der Waals surface area contributed by atoms with Gasteiger partial charge in [0.25, 0.3) is 0 Å². The summed E-state index contributed by atoms with van der Waals surface area (Å²) in [7, 11) is 3.82. The van der Waals surface area contributed by atoms with Gasteiger partial charge in [0.1, 0.15) is 6.29 Å². The molecule has 0 saturated carbocycles. The first-order valence-corrected chi connectivity index (χ1v) is 4.41. The third-order valence-corrected chi connectivity index (χ3v) is 1.90. The van der Waals surface area contributed by atoms with Crippen LogP contribution in [0.4, 0.5) is 0 Å². The predicted octanol–water partition coefficient (Wildman–Crippen LogP) is 1.49. The molecule has 3 heteroatoms. The zero-order chi connectivity index (χ0) is 10.6. The lowest BCUT2D eigenvalue weighted by Gasteiger charge is -2.16. The van der Waals surface area contributed by atoms with Crippen LogP contribution in [-0.2, 0) is 4.79 Å². The molecule has 0 fully saturated rings. The summed E-state index contributed by atoms with van der Waals surface area (Å²) in [5.41, 5.74) is 2.85. The van der Waals surface area contributed by atoms with Gasteiger partial charge in [0, 0.05) is 43.3 Å². The quantitative estimate of drug-likeness (QED) is 0.535. The molecule has 1 aromatic heterocycles. The molecule has 0 aromatic carbocycles. The summed E-state index contributed by atoms with van der Waals surface area (Å²) in [6.45, 7) is 1.93. The molecule has 0 bridgehead atoms. The summed E-state index contributed by atoms with van der Waals surface area (Å²) in [4.78, 5) is 16.5. The molecule has 0 aliphatic carbocycles. The maximum atomic E-state index is 10.5. The molecule has 0 aliphatic heterocycles. The van der Waals surface area contributed by atoms with Crippen LogP contribution in [0.1, 0.15) is 11.3 Å². The fourth-order valence-corrected chi connectivity index (χ4v) is 1.27. The Hall–Kier alpha value is -1.64. The molecule has 1 aromatic rings. The molecule has 0 saturated heterocycles. The first-order chi connectivity index (χ1) is 6.65. The molecular formula is C11H14N2O. The Kier molecular flexibility index (Phi) is 3.40. The fourth-order valence-electron chi connectivity index (χ4n) is 1.27. The zero-order valence-electron chi connectivity index (χ0n) is 8.69. The van der Waals surface area contributed by atoms with Crippen molar-refractivity contribution in [3.8, 4) is 0 Å². The van der Waals surface area contributed by atoms with Gasteiger partial charge in [-0.1, -0.05) is 0 Å². The van der Waals surface area contributed by atoms with E-state index in [0.717, 1.165) is 23.2 Å². The highest BCUT2D eigenvalue weighted by atomic mass is 16.1. The van der Waals surface area contributed by atoms with Crippen molar-refractivity contribution in [1.82, 2.24) is 9.88 Å². The second-order valence-corrected chi connectivity index (χ2v) is 3.27. The lowest BCUT2D eigenvalue weighted by atomic mass is 10.1. The summed E-state index contributed by atoms with van der Waals surface area (Å²) in [6.07, 6.45) is 4.09. The van der Waals surface area contributed by atoms with E-state index in [1.54, 1.807) is 12.3 Å². The molecule has 0 unspecified atom stereocenters. The Labute approximate surface area is 84.1 Å². The first-order valence-electron chi connectivity index (χ1n) is 4.41. The molecule has 0 radical (unpaired) electrons. The molecule has 0 atom stereocenters. The number of aryl methyl sites for hydroxylation is 1. The molecule has 3 nitrogen and oxygen atoms in total. The Morgan fingerprint density at radius 3 is 2.71 bits per heavy atom. The number of hydrogen-bond donors (Lipinski definition) is 0. The van der Waals surface area contributed by atoms with Crippen molar-refractivity contribution in [3.63, 3.8) is 0 Å². The minimum Gasteiger partial charge on any atom is -0.377 e. The number of aromatic nitrogens is 1. The highest BCUT2D eigenvalue weighted by Gasteiger charge is 2.03. The molecule has 1 heterocycles. The monoisotopic (exact) mass is 190 g/mol. The van der Waals surface area contributed by atoms with Crippen LogP contribution in [0.2, 0.25) is 0 Å². The van der Waals surface area contributed by atoms with Gasteiger partial charge in [-0.05, 0) is 19.1 Å². The van der Waals surface area contributed by atoms with E-state index in [2.05, 4.69) is 4.98 Å². The van der Waals surface area contributed by atoms with Gasteiger partial charge in [-0.2, -0.15) is 0 Å². The van der Waals surface area contributed by atoms with Crippen molar-refractivity contribution < 1.29 is 4.79 Å². The highest BCUT2D eigenvalue weighted by molar-refractivity contribution is 5.80. The lowest BCUT2D eigenvalue weighted by Crippen LogP contribution is -2.10. The van der Waals surface area contributed by atoms with Crippen molar-refractivity contribution in [2.45, 2.75) is 6.92 Å². The van der Waals surface area contributed by atoms with Crippen molar-refractivity contribution in [1.29, 1.82) is 0 Å². The normalized spacial score (nSPS) is 11.2. The van der Waals surface area contributed by atoms with E-state index in [-0.39, 0.29) is 0 Å². The first kappa shape index (κ1) is 10.4. The summed E-state index contributed by atoms with van der Waals surface area (Å²) < 4.78 is 0. The lowest BCUT2D eigenvalue weighted by molar-refractivity contribution is -0.104. The van der Waals surface area contributed by atoms with E-state index in [1.807, 2.05) is 38.1 Å². The summed E-state index contributed by atoms with van der Waals surface area (Å²) in [5.74, 6) is 0. The van der Waals surface area contributed by atoms with Crippen molar-refractivity contribution in [3.05, 3.63) is 35.7 Å². The Morgan fingerprint density at radius 2 is 2.21 bits per heavy atom.